The second-order valence-corrected chi connectivity index (χ2v) is 9.46. The lowest BCUT2D eigenvalue weighted by Gasteiger charge is -2.12. The van der Waals surface area contributed by atoms with E-state index in [2.05, 4.69) is 4.72 Å². The Kier molecular flexibility index (Phi) is 5.89. The summed E-state index contributed by atoms with van der Waals surface area (Å²) in [5.74, 6) is -1.24. The summed E-state index contributed by atoms with van der Waals surface area (Å²) in [5.41, 5.74) is 2.15. The minimum Gasteiger partial charge on any atom is -0.494 e. The number of benzene rings is 2. The molecule has 2 aromatic carbocycles. The molecule has 174 valence electrons. The largest absolute Gasteiger partial charge is 0.494 e. The summed E-state index contributed by atoms with van der Waals surface area (Å²) in [7, 11) is -2.51. The molecule has 0 unspecified atom stereocenters. The monoisotopic (exact) mass is 478 g/mol. The molecule has 8 nitrogen and oxygen atoms in total. The lowest BCUT2D eigenvalue weighted by atomic mass is 10.0. The van der Waals surface area contributed by atoms with E-state index < -0.39 is 21.8 Å². The average molecular weight is 479 g/mol. The second-order valence-electron chi connectivity index (χ2n) is 7.78. The van der Waals surface area contributed by atoms with Crippen LogP contribution in [0.5, 0.6) is 5.75 Å². The Hall–Kier alpha value is -4.11. The predicted molar refractivity (Wildman–Crippen MR) is 128 cm³/mol. The van der Waals surface area contributed by atoms with Crippen LogP contribution in [0.2, 0.25) is 0 Å². The van der Waals surface area contributed by atoms with E-state index in [-0.39, 0.29) is 21.7 Å². The van der Waals surface area contributed by atoms with Crippen molar-refractivity contribution in [3.63, 3.8) is 0 Å². The van der Waals surface area contributed by atoms with Crippen LogP contribution >= 0.6 is 0 Å². The summed E-state index contributed by atoms with van der Waals surface area (Å²) in [6.45, 7) is 3.58. The topological polar surface area (TPSA) is 114 Å². The van der Waals surface area contributed by atoms with Crippen LogP contribution in [0.15, 0.2) is 71.8 Å². The first-order chi connectivity index (χ1) is 16.1. The maximum Gasteiger partial charge on any atom is 0.337 e. The SMILES string of the molecule is COc1c(C)c(C(=O)c2ccc(NS(=O)(=O)c3ccc(C)cc3)c(C(=O)O)c2)n2ccccc12. The summed E-state index contributed by atoms with van der Waals surface area (Å²) >= 11 is 0. The van der Waals surface area contributed by atoms with Crippen molar-refractivity contribution in [1.29, 1.82) is 0 Å². The number of carbonyl (C=O) groups excluding carboxylic acids is 1. The third-order valence-corrected chi connectivity index (χ3v) is 6.92. The van der Waals surface area contributed by atoms with Gasteiger partial charge in [-0.25, -0.2) is 13.2 Å². The summed E-state index contributed by atoms with van der Waals surface area (Å²) in [6, 6.07) is 15.4. The van der Waals surface area contributed by atoms with Gasteiger partial charge in [0.05, 0.1) is 28.8 Å². The minimum absolute atomic E-state index is 0.00281. The summed E-state index contributed by atoms with van der Waals surface area (Å²) in [6.07, 6.45) is 1.72. The summed E-state index contributed by atoms with van der Waals surface area (Å²) in [5, 5.41) is 9.74. The van der Waals surface area contributed by atoms with E-state index in [0.29, 0.717) is 22.5 Å². The quantitative estimate of drug-likeness (QED) is 0.383. The van der Waals surface area contributed by atoms with Gasteiger partial charge in [-0.1, -0.05) is 23.8 Å². The molecule has 34 heavy (non-hydrogen) atoms. The fraction of sp³-hybridized carbons (Fsp3) is 0.120. The number of aryl methyl sites for hydroxylation is 1. The number of sulfonamides is 1. The molecule has 0 radical (unpaired) electrons. The van der Waals surface area contributed by atoms with Crippen molar-refractivity contribution in [3.05, 3.63) is 94.8 Å². The molecule has 2 N–H and O–H groups in total. The van der Waals surface area contributed by atoms with Crippen molar-refractivity contribution in [2.75, 3.05) is 11.8 Å². The van der Waals surface area contributed by atoms with Crippen molar-refractivity contribution in [2.24, 2.45) is 0 Å². The first-order valence-electron chi connectivity index (χ1n) is 10.3. The Morgan fingerprint density at radius 1 is 1.00 bits per heavy atom. The Morgan fingerprint density at radius 3 is 2.35 bits per heavy atom. The number of methoxy groups -OCH3 is 1. The number of fused-ring (bicyclic) bond motifs is 1. The highest BCUT2D eigenvalue weighted by Gasteiger charge is 2.25. The van der Waals surface area contributed by atoms with Gasteiger partial charge in [-0.3, -0.25) is 9.52 Å². The number of ketones is 1. The maximum absolute atomic E-state index is 13.4. The van der Waals surface area contributed by atoms with E-state index >= 15 is 0 Å². The third kappa shape index (κ3) is 4.01. The molecule has 0 saturated heterocycles. The Labute approximate surface area is 196 Å². The normalized spacial score (nSPS) is 11.4. The number of aromatic carboxylic acids is 1. The standard InChI is InChI=1S/C25H22N2O6S/c1-15-7-10-18(11-8-15)34(31,32)26-20-12-9-17(14-19(20)25(29)30)23(28)22-16(2)24(33-3)21-6-4-5-13-27(21)22/h4-14,26H,1-3H3,(H,29,30). The van der Waals surface area contributed by atoms with E-state index in [1.165, 1.54) is 37.4 Å². The zero-order chi connectivity index (χ0) is 24.6. The molecule has 4 aromatic rings. The molecule has 0 aliphatic rings. The number of pyridine rings is 1. The predicted octanol–water partition coefficient (Wildman–Crippen LogP) is 4.29. The molecule has 0 bridgehead atoms. The molecular weight excluding hydrogens is 456 g/mol. The van der Waals surface area contributed by atoms with Crippen molar-refractivity contribution in [2.45, 2.75) is 18.7 Å². The third-order valence-electron chi connectivity index (χ3n) is 5.54. The molecule has 2 aromatic heterocycles. The molecule has 0 spiro atoms. The fourth-order valence-corrected chi connectivity index (χ4v) is 4.93. The highest BCUT2D eigenvalue weighted by Crippen LogP contribution is 2.32. The van der Waals surface area contributed by atoms with Crippen LogP contribution < -0.4 is 9.46 Å². The van der Waals surface area contributed by atoms with Crippen LogP contribution in [0.25, 0.3) is 5.52 Å². The van der Waals surface area contributed by atoms with Crippen LogP contribution in [-0.2, 0) is 10.0 Å². The number of rotatable bonds is 7. The fourth-order valence-electron chi connectivity index (χ4n) is 3.85. The van der Waals surface area contributed by atoms with E-state index in [0.717, 1.165) is 5.56 Å². The molecule has 4 rings (SSSR count). The Morgan fingerprint density at radius 2 is 1.71 bits per heavy atom. The number of hydrogen-bond acceptors (Lipinski definition) is 5. The van der Waals surface area contributed by atoms with Gasteiger partial charge in [0.2, 0.25) is 5.78 Å². The lowest BCUT2D eigenvalue weighted by Crippen LogP contribution is -2.16. The number of hydrogen-bond donors (Lipinski definition) is 2. The van der Waals surface area contributed by atoms with Crippen LogP contribution in [-0.4, -0.2) is 36.8 Å². The number of carbonyl (C=O) groups is 2. The number of aromatic nitrogens is 1. The van der Waals surface area contributed by atoms with Gasteiger partial charge in [0.25, 0.3) is 10.0 Å². The molecule has 0 aliphatic carbocycles. The van der Waals surface area contributed by atoms with Crippen LogP contribution in [0.1, 0.15) is 37.5 Å². The van der Waals surface area contributed by atoms with Gasteiger partial charge in [0.1, 0.15) is 11.4 Å². The number of carboxylic acid groups (broad SMARTS) is 1. The second kappa shape index (κ2) is 8.68. The smallest absolute Gasteiger partial charge is 0.337 e. The number of nitrogens with zero attached hydrogens (tertiary/aromatic N) is 1. The Balaban J connectivity index is 1.76. The van der Waals surface area contributed by atoms with E-state index in [1.54, 1.807) is 35.7 Å². The van der Waals surface area contributed by atoms with Crippen LogP contribution in [0.4, 0.5) is 5.69 Å². The van der Waals surface area contributed by atoms with Crippen molar-refractivity contribution >= 4 is 33.0 Å². The molecule has 0 atom stereocenters. The first-order valence-corrected chi connectivity index (χ1v) is 11.8. The molecule has 0 amide bonds. The summed E-state index contributed by atoms with van der Waals surface area (Å²) in [4.78, 5) is 25.4. The number of ether oxygens (including phenoxy) is 1. The minimum atomic E-state index is -4.03. The molecule has 0 aliphatic heterocycles. The van der Waals surface area contributed by atoms with Gasteiger partial charge in [0.15, 0.2) is 0 Å². The highest BCUT2D eigenvalue weighted by molar-refractivity contribution is 7.92. The van der Waals surface area contributed by atoms with Crippen LogP contribution in [0, 0.1) is 13.8 Å². The molecular formula is C25H22N2O6S. The first kappa shape index (κ1) is 23.1. The number of nitrogens with one attached hydrogen (secondary N) is 1. The van der Waals surface area contributed by atoms with Gasteiger partial charge in [0, 0.05) is 17.3 Å². The summed E-state index contributed by atoms with van der Waals surface area (Å²) < 4.78 is 35.0. The number of anilines is 1. The molecule has 9 heteroatoms. The van der Waals surface area contributed by atoms with Crippen molar-refractivity contribution in [3.8, 4) is 5.75 Å². The highest BCUT2D eigenvalue weighted by atomic mass is 32.2. The van der Waals surface area contributed by atoms with E-state index in [1.807, 2.05) is 19.1 Å². The zero-order valence-corrected chi connectivity index (χ0v) is 19.5. The van der Waals surface area contributed by atoms with Gasteiger partial charge in [-0.15, -0.1) is 0 Å². The van der Waals surface area contributed by atoms with Gasteiger partial charge in [-0.2, -0.15) is 0 Å². The van der Waals surface area contributed by atoms with E-state index in [4.69, 9.17) is 4.74 Å². The average Bonchev–Trinajstić information content (AvgIpc) is 3.09. The zero-order valence-electron chi connectivity index (χ0n) is 18.7. The molecule has 0 fully saturated rings. The maximum atomic E-state index is 13.4. The van der Waals surface area contributed by atoms with Crippen LogP contribution in [0.3, 0.4) is 0 Å². The van der Waals surface area contributed by atoms with Gasteiger partial charge >= 0.3 is 5.97 Å². The van der Waals surface area contributed by atoms with Crippen molar-refractivity contribution in [1.82, 2.24) is 4.40 Å². The molecule has 2 heterocycles. The molecule has 0 saturated carbocycles. The van der Waals surface area contributed by atoms with E-state index in [9.17, 15) is 23.1 Å². The lowest BCUT2D eigenvalue weighted by molar-refractivity contribution is 0.0698. The van der Waals surface area contributed by atoms with Gasteiger partial charge in [-0.05, 0) is 56.3 Å². The Bertz CT molecular complexity index is 1540. The van der Waals surface area contributed by atoms with Crippen molar-refractivity contribution < 1.29 is 27.9 Å². The number of carboxylic acids is 1. The van der Waals surface area contributed by atoms with Gasteiger partial charge < -0.3 is 14.2 Å².